The minimum absolute atomic E-state index is 0.380. The predicted octanol–water partition coefficient (Wildman–Crippen LogP) is 2.15. The first kappa shape index (κ1) is 12.5. The lowest BCUT2D eigenvalue weighted by molar-refractivity contribution is 0.162. The molecule has 0 aromatic heterocycles. The number of ether oxygens (including phenoxy) is 1. The van der Waals surface area contributed by atoms with Crippen LogP contribution in [0.3, 0.4) is 0 Å². The Hall–Kier alpha value is -1.55. The Labute approximate surface area is 96.0 Å². The first-order valence-corrected chi connectivity index (χ1v) is 5.43. The summed E-state index contributed by atoms with van der Waals surface area (Å²) in [7, 11) is 0. The Bertz CT molecular complexity index is 322. The second kappa shape index (κ2) is 6.85. The van der Waals surface area contributed by atoms with Crippen molar-refractivity contribution in [2.75, 3.05) is 25.0 Å². The molecule has 4 heteroatoms. The fraction of sp³-hybridized carbons (Fsp3) is 0.417. The number of carbonyl (C=O) groups is 1. The zero-order chi connectivity index (χ0) is 11.8. The van der Waals surface area contributed by atoms with E-state index in [-0.39, 0.29) is 0 Å². The van der Waals surface area contributed by atoms with Gasteiger partial charge in [-0.25, -0.2) is 4.79 Å². The number of carbonyl (C=O) groups excluding carboxylic acids is 1. The third-order valence-corrected chi connectivity index (χ3v) is 2.06. The fourth-order valence-electron chi connectivity index (χ4n) is 1.18. The molecule has 0 radical (unpaired) electrons. The second-order valence-electron chi connectivity index (χ2n) is 3.48. The van der Waals surface area contributed by atoms with Crippen LogP contribution in [0.2, 0.25) is 0 Å². The quantitative estimate of drug-likeness (QED) is 0.750. The van der Waals surface area contributed by atoms with Gasteiger partial charge in [-0.3, -0.25) is 5.32 Å². The summed E-state index contributed by atoms with van der Waals surface area (Å²) < 4.78 is 4.97. The monoisotopic (exact) mass is 222 g/mol. The maximum absolute atomic E-state index is 11.3. The fourth-order valence-corrected chi connectivity index (χ4v) is 1.18. The highest BCUT2D eigenvalue weighted by Crippen LogP contribution is 2.08. The van der Waals surface area contributed by atoms with Gasteiger partial charge in [0.15, 0.2) is 0 Å². The van der Waals surface area contributed by atoms with E-state index in [9.17, 15) is 4.79 Å². The Morgan fingerprint density at radius 1 is 1.31 bits per heavy atom. The van der Waals surface area contributed by atoms with Crippen LogP contribution in [0.1, 0.15) is 12.5 Å². The molecule has 0 aliphatic heterocycles. The smallest absolute Gasteiger partial charge is 0.411 e. The summed E-state index contributed by atoms with van der Waals surface area (Å²) in [6.45, 7) is 5.94. The molecule has 0 aliphatic carbocycles. The van der Waals surface area contributed by atoms with E-state index < -0.39 is 6.09 Å². The van der Waals surface area contributed by atoms with Gasteiger partial charge in [0.2, 0.25) is 0 Å². The third kappa shape index (κ3) is 4.79. The largest absolute Gasteiger partial charge is 0.448 e. The van der Waals surface area contributed by atoms with Crippen molar-refractivity contribution in [2.24, 2.45) is 0 Å². The highest BCUT2D eigenvalue weighted by atomic mass is 16.5. The highest BCUT2D eigenvalue weighted by Gasteiger charge is 2.01. The molecule has 0 bridgehead atoms. The SMILES string of the molecule is CCNCCOC(=O)Nc1ccc(C)cc1. The van der Waals surface area contributed by atoms with E-state index in [0.717, 1.165) is 17.8 Å². The molecule has 0 saturated carbocycles. The molecule has 1 rings (SSSR count). The molecule has 16 heavy (non-hydrogen) atoms. The number of likely N-dealkylation sites (N-methyl/N-ethyl adjacent to an activating group) is 1. The topological polar surface area (TPSA) is 50.4 Å². The number of nitrogens with one attached hydrogen (secondary N) is 2. The lowest BCUT2D eigenvalue weighted by atomic mass is 10.2. The van der Waals surface area contributed by atoms with Crippen molar-refractivity contribution in [3.05, 3.63) is 29.8 Å². The van der Waals surface area contributed by atoms with Crippen LogP contribution >= 0.6 is 0 Å². The van der Waals surface area contributed by atoms with E-state index >= 15 is 0 Å². The van der Waals surface area contributed by atoms with Gasteiger partial charge >= 0.3 is 6.09 Å². The molecule has 2 N–H and O–H groups in total. The molecule has 0 unspecified atom stereocenters. The molecule has 0 heterocycles. The summed E-state index contributed by atoms with van der Waals surface area (Å²) in [5.41, 5.74) is 1.91. The van der Waals surface area contributed by atoms with E-state index in [1.54, 1.807) is 0 Å². The normalized spacial score (nSPS) is 9.88. The number of amides is 1. The molecular formula is C12H18N2O2. The Balaban J connectivity index is 2.26. The summed E-state index contributed by atoms with van der Waals surface area (Å²) in [6.07, 6.45) is -0.415. The molecule has 0 spiro atoms. The molecular weight excluding hydrogens is 204 g/mol. The zero-order valence-electron chi connectivity index (χ0n) is 9.75. The number of rotatable bonds is 5. The minimum atomic E-state index is -0.415. The zero-order valence-corrected chi connectivity index (χ0v) is 9.75. The van der Waals surface area contributed by atoms with Gasteiger partial charge in [0.05, 0.1) is 0 Å². The van der Waals surface area contributed by atoms with Crippen molar-refractivity contribution < 1.29 is 9.53 Å². The van der Waals surface area contributed by atoms with E-state index in [1.165, 1.54) is 0 Å². The maximum atomic E-state index is 11.3. The first-order valence-electron chi connectivity index (χ1n) is 5.43. The molecule has 0 aliphatic rings. The van der Waals surface area contributed by atoms with Gasteiger partial charge in [-0.05, 0) is 25.6 Å². The lowest BCUT2D eigenvalue weighted by Gasteiger charge is -2.07. The van der Waals surface area contributed by atoms with Gasteiger partial charge in [-0.2, -0.15) is 0 Å². The van der Waals surface area contributed by atoms with Crippen LogP contribution in [0.15, 0.2) is 24.3 Å². The lowest BCUT2D eigenvalue weighted by Crippen LogP contribution is -2.23. The van der Waals surface area contributed by atoms with Crippen LogP contribution in [-0.2, 0) is 4.74 Å². The molecule has 88 valence electrons. The van der Waals surface area contributed by atoms with Gasteiger partial charge < -0.3 is 10.1 Å². The average molecular weight is 222 g/mol. The molecule has 1 aromatic rings. The van der Waals surface area contributed by atoms with Gasteiger partial charge in [0.1, 0.15) is 6.61 Å². The Morgan fingerprint density at radius 2 is 2.00 bits per heavy atom. The maximum Gasteiger partial charge on any atom is 0.411 e. The van der Waals surface area contributed by atoms with Crippen LogP contribution in [-0.4, -0.2) is 25.8 Å². The summed E-state index contributed by atoms with van der Waals surface area (Å²) in [5, 5.41) is 5.73. The molecule has 0 saturated heterocycles. The molecule has 1 aromatic carbocycles. The minimum Gasteiger partial charge on any atom is -0.448 e. The molecule has 1 amide bonds. The predicted molar refractivity (Wildman–Crippen MR) is 64.7 cm³/mol. The van der Waals surface area contributed by atoms with Crippen molar-refractivity contribution >= 4 is 11.8 Å². The molecule has 0 fully saturated rings. The number of anilines is 1. The molecule has 4 nitrogen and oxygen atoms in total. The van der Waals surface area contributed by atoms with Crippen LogP contribution in [0.25, 0.3) is 0 Å². The van der Waals surface area contributed by atoms with Gasteiger partial charge in [-0.15, -0.1) is 0 Å². The Kier molecular flexibility index (Phi) is 5.36. The van der Waals surface area contributed by atoms with Crippen LogP contribution in [0.4, 0.5) is 10.5 Å². The summed E-state index contributed by atoms with van der Waals surface area (Å²) in [4.78, 5) is 11.3. The number of aryl methyl sites for hydroxylation is 1. The second-order valence-corrected chi connectivity index (χ2v) is 3.48. The van der Waals surface area contributed by atoms with Crippen molar-refractivity contribution in [3.63, 3.8) is 0 Å². The average Bonchev–Trinajstić information content (AvgIpc) is 2.28. The van der Waals surface area contributed by atoms with Crippen molar-refractivity contribution in [1.82, 2.24) is 5.32 Å². The third-order valence-electron chi connectivity index (χ3n) is 2.06. The van der Waals surface area contributed by atoms with E-state index in [0.29, 0.717) is 13.2 Å². The number of hydrogen-bond donors (Lipinski definition) is 2. The summed E-state index contributed by atoms with van der Waals surface area (Å²) >= 11 is 0. The summed E-state index contributed by atoms with van der Waals surface area (Å²) in [5.74, 6) is 0. The van der Waals surface area contributed by atoms with E-state index in [2.05, 4.69) is 10.6 Å². The van der Waals surface area contributed by atoms with Crippen LogP contribution in [0.5, 0.6) is 0 Å². The number of benzene rings is 1. The van der Waals surface area contributed by atoms with Crippen LogP contribution in [0, 0.1) is 6.92 Å². The van der Waals surface area contributed by atoms with Gasteiger partial charge in [0, 0.05) is 12.2 Å². The van der Waals surface area contributed by atoms with Gasteiger partial charge in [0.25, 0.3) is 0 Å². The number of hydrogen-bond acceptors (Lipinski definition) is 3. The summed E-state index contributed by atoms with van der Waals surface area (Å²) in [6, 6.07) is 7.57. The van der Waals surface area contributed by atoms with Crippen molar-refractivity contribution in [2.45, 2.75) is 13.8 Å². The van der Waals surface area contributed by atoms with Crippen molar-refractivity contribution in [3.8, 4) is 0 Å². The van der Waals surface area contributed by atoms with Crippen molar-refractivity contribution in [1.29, 1.82) is 0 Å². The van der Waals surface area contributed by atoms with E-state index in [4.69, 9.17) is 4.74 Å². The first-order chi connectivity index (χ1) is 7.72. The molecule has 0 atom stereocenters. The highest BCUT2D eigenvalue weighted by molar-refractivity contribution is 5.84. The van der Waals surface area contributed by atoms with E-state index in [1.807, 2.05) is 38.1 Å². The standard InChI is InChI=1S/C12H18N2O2/c1-3-13-8-9-16-12(15)14-11-6-4-10(2)5-7-11/h4-7,13H,3,8-9H2,1-2H3,(H,14,15). The van der Waals surface area contributed by atoms with Gasteiger partial charge in [-0.1, -0.05) is 24.6 Å². The van der Waals surface area contributed by atoms with Crippen LogP contribution < -0.4 is 10.6 Å². The Morgan fingerprint density at radius 3 is 2.62 bits per heavy atom.